The van der Waals surface area contributed by atoms with E-state index in [1.165, 1.54) is 56.8 Å². The number of hydrogen-bond donors (Lipinski definition) is 0. The molecule has 10 nitrogen and oxygen atoms in total. The molecule has 24 rings (SSSR count). The number of hydrogen-bond acceptors (Lipinski definition) is 8. The minimum absolute atomic E-state index is 0.664. The molecule has 24 aromatic rings. The second-order valence-electron chi connectivity index (χ2n) is 27.8. The van der Waals surface area contributed by atoms with Crippen molar-refractivity contribution in [3.63, 3.8) is 0 Å². The molecule has 0 saturated carbocycles. The lowest BCUT2D eigenvalue weighted by atomic mass is 10.1. The Balaban J connectivity index is 0.0000000943. The van der Waals surface area contributed by atoms with Crippen LogP contribution in [0.15, 0.2) is 349 Å². The van der Waals surface area contributed by atoms with Crippen LogP contribution in [0.3, 0.4) is 0 Å². The predicted octanol–water partition coefficient (Wildman–Crippen LogP) is 27.2. The van der Waals surface area contributed by atoms with E-state index >= 15 is 0 Å². The second-order valence-corrected chi connectivity index (χ2v) is 30.0. The summed E-state index contributed by atoms with van der Waals surface area (Å²) in [7, 11) is 0. The quantitative estimate of drug-likeness (QED) is 0.172. The zero-order valence-electron chi connectivity index (χ0n) is 59.5. The van der Waals surface area contributed by atoms with Crippen molar-refractivity contribution >= 4 is 194 Å². The summed E-state index contributed by atoms with van der Waals surface area (Å²) in [6.07, 6.45) is 0. The van der Waals surface area contributed by atoms with E-state index in [1.807, 2.05) is 144 Å². The summed E-state index contributed by atoms with van der Waals surface area (Å²) in [6.45, 7) is 0. The average Bonchev–Trinajstić information content (AvgIpc) is 1.59. The van der Waals surface area contributed by atoms with Crippen molar-refractivity contribution in [2.75, 3.05) is 0 Å². The summed E-state index contributed by atoms with van der Waals surface area (Å²) < 4.78 is 26.6. The van der Waals surface area contributed by atoms with Gasteiger partial charge in [0.15, 0.2) is 5.58 Å². The van der Waals surface area contributed by atoms with Crippen LogP contribution >= 0.6 is 22.7 Å². The van der Waals surface area contributed by atoms with Gasteiger partial charge in [-0.15, -0.1) is 22.7 Å². The van der Waals surface area contributed by atoms with Gasteiger partial charge in [-0.05, 0) is 170 Å². The second kappa shape index (κ2) is 26.3. The van der Waals surface area contributed by atoms with Gasteiger partial charge in [0.25, 0.3) is 0 Å². The minimum atomic E-state index is 0.664. The van der Waals surface area contributed by atoms with Crippen LogP contribution in [-0.4, -0.2) is 18.3 Å². The highest BCUT2D eigenvalue weighted by molar-refractivity contribution is 7.26. The summed E-state index contributed by atoms with van der Waals surface area (Å²) in [5, 5.41) is 56.0. The fourth-order valence-electron chi connectivity index (χ4n) is 16.8. The highest BCUT2D eigenvalue weighted by Gasteiger charge is 2.22. The molecule has 0 radical (unpaired) electrons. The van der Waals surface area contributed by atoms with Gasteiger partial charge in [-0.25, -0.2) is 0 Å². The molecule has 0 amide bonds. The summed E-state index contributed by atoms with van der Waals surface area (Å²) in [5.41, 5.74) is 19.6. The number of benzene rings is 16. The summed E-state index contributed by atoms with van der Waals surface area (Å²) in [6, 6.07) is 125. The number of nitrogens with zero attached hydrogens (tertiary/aromatic N) is 8. The van der Waals surface area contributed by atoms with Crippen LogP contribution in [-0.2, 0) is 0 Å². The van der Waals surface area contributed by atoms with E-state index in [-0.39, 0.29) is 0 Å². The van der Waals surface area contributed by atoms with Crippen LogP contribution in [0.4, 0.5) is 0 Å². The molecule has 0 unspecified atom stereocenters. The molecule has 0 fully saturated rings. The van der Waals surface area contributed by atoms with E-state index in [1.54, 1.807) is 0 Å². The molecule has 16 aromatic carbocycles. The normalized spacial score (nSPS) is 11.5. The van der Waals surface area contributed by atoms with Crippen molar-refractivity contribution in [3.8, 4) is 47.0 Å². The number of aromatic nitrogens is 4. The van der Waals surface area contributed by atoms with E-state index < -0.39 is 0 Å². The number of rotatable bonds is 4. The fourth-order valence-corrected chi connectivity index (χ4v) is 19.1. The summed E-state index contributed by atoms with van der Waals surface area (Å²) in [5.74, 6) is 0. The topological polar surface area (TPSA) is 141 Å². The first-order chi connectivity index (χ1) is 55.4. The Labute approximate surface area is 646 Å². The van der Waals surface area contributed by atoms with Gasteiger partial charge in [0.05, 0.1) is 107 Å². The highest BCUT2D eigenvalue weighted by atomic mass is 32.1. The average molecular weight is 1470 g/mol. The van der Waals surface area contributed by atoms with Gasteiger partial charge in [0.2, 0.25) is 0 Å². The number of thiophene rings is 2. The third-order valence-corrected chi connectivity index (χ3v) is 24.1. The Morgan fingerprint density at radius 1 is 0.214 bits per heavy atom. The van der Waals surface area contributed by atoms with Gasteiger partial charge in [-0.2, -0.15) is 21.0 Å². The number of fused-ring (bicyclic) bond motifs is 24. The van der Waals surface area contributed by atoms with Gasteiger partial charge in [0, 0.05) is 112 Å². The van der Waals surface area contributed by atoms with Crippen LogP contribution in [0.5, 0.6) is 0 Å². The van der Waals surface area contributed by atoms with Crippen molar-refractivity contribution in [1.29, 1.82) is 21.0 Å². The maximum Gasteiger partial charge on any atom is 0.159 e. The lowest BCUT2D eigenvalue weighted by Crippen LogP contribution is -1.94. The zero-order chi connectivity index (χ0) is 74.7. The van der Waals surface area contributed by atoms with E-state index in [0.717, 1.165) is 137 Å². The maximum absolute atomic E-state index is 9.36. The first-order valence-corrected chi connectivity index (χ1v) is 38.4. The van der Waals surface area contributed by atoms with Gasteiger partial charge in [-0.1, -0.05) is 170 Å². The first-order valence-electron chi connectivity index (χ1n) is 36.7. The first kappa shape index (κ1) is 65.0. The standard InChI is InChI=1S/2C25H14N2O.2C25H14N2S/c26-15-16-12-13-22-20(14-16)17-6-1-3-9-21(17)27(22)23-10-5-8-19-18-7-2-4-11-24(18)28-25(19)23;26-15-16-9-11-23-20(13-16)18-5-1-3-7-22(18)27(23)17-10-12-25-21(14-17)19-6-2-4-8-24(19)28-25;26-15-16-12-13-22-20(14-16)17-6-1-3-9-21(17)27(22)23-10-5-8-19-18-7-2-4-11-24(18)28-25(19)23;26-15-16-9-11-23-20(13-16)18-5-1-3-7-22(18)27(23)17-10-12-25-21(14-17)19-6-2-4-8-24(19)28-25/h4*1-14H. The van der Waals surface area contributed by atoms with Gasteiger partial charge < -0.3 is 27.1 Å². The SMILES string of the molecule is N#Cc1ccc2c(c1)c1ccccc1n2-c1ccc2oc3ccccc3c2c1.N#Cc1ccc2c(c1)c1ccccc1n2-c1ccc2sc3ccccc3c2c1.N#Cc1ccc2c(c1)c1ccccc1n2-c1cccc2c1oc1ccccc12.N#Cc1ccc2c(c1)c1ccccc1n2-c1cccc2c1sc1ccccc12. The maximum atomic E-state index is 9.36. The molecule has 8 heterocycles. The van der Waals surface area contributed by atoms with Crippen molar-refractivity contribution in [3.05, 3.63) is 362 Å². The molecule has 8 aromatic heterocycles. The van der Waals surface area contributed by atoms with Crippen molar-refractivity contribution in [1.82, 2.24) is 18.3 Å². The molecule has 0 N–H and O–H groups in total. The van der Waals surface area contributed by atoms with E-state index in [4.69, 9.17) is 8.83 Å². The third-order valence-electron chi connectivity index (χ3n) is 21.7. The molecular formula is C100H56N8O2S2. The van der Waals surface area contributed by atoms with Crippen LogP contribution in [0.1, 0.15) is 22.3 Å². The van der Waals surface area contributed by atoms with Crippen LogP contribution in [0, 0.1) is 45.3 Å². The smallest absolute Gasteiger partial charge is 0.159 e. The molecule has 0 bridgehead atoms. The number of furan rings is 2. The van der Waals surface area contributed by atoms with Crippen LogP contribution in [0.2, 0.25) is 0 Å². The Hall–Kier alpha value is -15.3. The lowest BCUT2D eigenvalue weighted by molar-refractivity contribution is 0.666. The molecule has 0 saturated heterocycles. The molecule has 0 aliphatic rings. The highest BCUT2D eigenvalue weighted by Crippen LogP contribution is 2.45. The number of nitriles is 4. The van der Waals surface area contributed by atoms with Crippen molar-refractivity contribution < 1.29 is 8.83 Å². The van der Waals surface area contributed by atoms with Gasteiger partial charge in [0.1, 0.15) is 16.7 Å². The van der Waals surface area contributed by atoms with Crippen molar-refractivity contribution in [2.24, 2.45) is 0 Å². The molecule has 0 aliphatic carbocycles. The Bertz CT molecular complexity index is 7740. The molecule has 112 heavy (non-hydrogen) atoms. The summed E-state index contributed by atoms with van der Waals surface area (Å²) >= 11 is 3.67. The van der Waals surface area contributed by atoms with E-state index in [2.05, 4.69) is 261 Å². The number of para-hydroxylation sites is 7. The molecule has 0 aliphatic heterocycles. The minimum Gasteiger partial charge on any atom is -0.456 e. The Morgan fingerprint density at radius 2 is 0.554 bits per heavy atom. The molecular weight excluding hydrogens is 1410 g/mol. The van der Waals surface area contributed by atoms with E-state index in [0.29, 0.717) is 22.3 Å². The molecule has 0 atom stereocenters. The third kappa shape index (κ3) is 10.4. The Kier molecular flexibility index (Phi) is 15.3. The van der Waals surface area contributed by atoms with Crippen LogP contribution in [0.25, 0.3) is 194 Å². The van der Waals surface area contributed by atoms with Crippen molar-refractivity contribution in [2.45, 2.75) is 0 Å². The Morgan fingerprint density at radius 3 is 1.06 bits per heavy atom. The monoisotopic (exact) mass is 1460 g/mol. The van der Waals surface area contributed by atoms with Gasteiger partial charge in [-0.3, -0.25) is 0 Å². The van der Waals surface area contributed by atoms with Gasteiger partial charge >= 0.3 is 0 Å². The van der Waals surface area contributed by atoms with E-state index in [9.17, 15) is 21.0 Å². The zero-order valence-corrected chi connectivity index (χ0v) is 61.2. The fraction of sp³-hybridized carbons (Fsp3) is 0. The van der Waals surface area contributed by atoms with Crippen LogP contribution < -0.4 is 0 Å². The molecule has 520 valence electrons. The molecule has 12 heteroatoms. The lowest BCUT2D eigenvalue weighted by Gasteiger charge is -2.09. The molecule has 0 spiro atoms. The largest absolute Gasteiger partial charge is 0.456 e. The summed E-state index contributed by atoms with van der Waals surface area (Å²) in [4.78, 5) is 0. The predicted molar refractivity (Wildman–Crippen MR) is 462 cm³/mol.